The predicted molar refractivity (Wildman–Crippen MR) is 60.1 cm³/mol. The minimum absolute atomic E-state index is 0.0641. The molecule has 0 unspecified atom stereocenters. The molecule has 0 fully saturated rings. The Morgan fingerprint density at radius 2 is 1.65 bits per heavy atom. The van der Waals surface area contributed by atoms with Crippen molar-refractivity contribution in [3.63, 3.8) is 0 Å². The molecule has 2 aromatic rings. The summed E-state index contributed by atoms with van der Waals surface area (Å²) in [5.74, 6) is -1.42. The standard InChI is InChI=1S/C13H10F3N/c14-10-3-1-2-9(6-10)8-17-13-7-11(15)4-5-12(13)16/h1-7,17H,8H2. The summed E-state index contributed by atoms with van der Waals surface area (Å²) in [6.45, 7) is 0.234. The van der Waals surface area contributed by atoms with E-state index in [1.54, 1.807) is 12.1 Å². The van der Waals surface area contributed by atoms with Gasteiger partial charge in [0.1, 0.15) is 17.5 Å². The maximum atomic E-state index is 13.2. The summed E-state index contributed by atoms with van der Waals surface area (Å²) < 4.78 is 39.0. The van der Waals surface area contributed by atoms with Gasteiger partial charge in [0.2, 0.25) is 0 Å². The number of benzene rings is 2. The average molecular weight is 237 g/mol. The molecule has 0 bridgehead atoms. The number of halogens is 3. The van der Waals surface area contributed by atoms with Gasteiger partial charge in [-0.25, -0.2) is 13.2 Å². The van der Waals surface area contributed by atoms with Gasteiger partial charge in [-0.1, -0.05) is 12.1 Å². The minimum Gasteiger partial charge on any atom is -0.379 e. The Labute approximate surface area is 96.9 Å². The van der Waals surface area contributed by atoms with E-state index in [4.69, 9.17) is 0 Å². The van der Waals surface area contributed by atoms with Crippen LogP contribution in [0.4, 0.5) is 18.9 Å². The van der Waals surface area contributed by atoms with E-state index in [-0.39, 0.29) is 18.0 Å². The normalized spacial score (nSPS) is 10.3. The number of anilines is 1. The molecule has 1 N–H and O–H groups in total. The molecule has 2 rings (SSSR count). The number of rotatable bonds is 3. The van der Waals surface area contributed by atoms with E-state index in [2.05, 4.69) is 5.32 Å². The maximum absolute atomic E-state index is 13.2. The molecule has 0 aliphatic carbocycles. The Balaban J connectivity index is 2.09. The van der Waals surface area contributed by atoms with Crippen LogP contribution >= 0.6 is 0 Å². The molecule has 0 amide bonds. The Morgan fingerprint density at radius 1 is 0.882 bits per heavy atom. The van der Waals surface area contributed by atoms with Crippen LogP contribution in [0.25, 0.3) is 0 Å². The lowest BCUT2D eigenvalue weighted by molar-refractivity contribution is 0.602. The SMILES string of the molecule is Fc1cccc(CNc2cc(F)ccc2F)c1. The molecule has 0 saturated carbocycles. The van der Waals surface area contributed by atoms with Crippen molar-refractivity contribution in [2.75, 3.05) is 5.32 Å². The zero-order valence-corrected chi connectivity index (χ0v) is 8.88. The van der Waals surface area contributed by atoms with Gasteiger partial charge >= 0.3 is 0 Å². The highest BCUT2D eigenvalue weighted by molar-refractivity contribution is 5.45. The smallest absolute Gasteiger partial charge is 0.146 e. The molecule has 0 heterocycles. The van der Waals surface area contributed by atoms with Gasteiger partial charge in [-0.3, -0.25) is 0 Å². The van der Waals surface area contributed by atoms with Crippen LogP contribution in [-0.2, 0) is 6.54 Å². The molecule has 0 radical (unpaired) electrons. The van der Waals surface area contributed by atoms with E-state index in [0.29, 0.717) is 5.56 Å². The third-order valence-electron chi connectivity index (χ3n) is 2.30. The molecule has 0 aliphatic rings. The third-order valence-corrected chi connectivity index (χ3v) is 2.30. The fourth-order valence-electron chi connectivity index (χ4n) is 1.48. The van der Waals surface area contributed by atoms with Crippen LogP contribution in [0.1, 0.15) is 5.56 Å². The average Bonchev–Trinajstić information content (AvgIpc) is 2.30. The second-order valence-electron chi connectivity index (χ2n) is 3.61. The highest BCUT2D eigenvalue weighted by atomic mass is 19.1. The Morgan fingerprint density at radius 3 is 2.41 bits per heavy atom. The van der Waals surface area contributed by atoms with Crippen molar-refractivity contribution in [2.45, 2.75) is 6.54 Å². The molecule has 0 aliphatic heterocycles. The number of hydrogen-bond acceptors (Lipinski definition) is 1. The van der Waals surface area contributed by atoms with Crippen molar-refractivity contribution in [3.8, 4) is 0 Å². The molecule has 0 aromatic heterocycles. The predicted octanol–water partition coefficient (Wildman–Crippen LogP) is 3.72. The summed E-state index contributed by atoms with van der Waals surface area (Å²) >= 11 is 0. The van der Waals surface area contributed by atoms with E-state index < -0.39 is 11.6 Å². The molecule has 88 valence electrons. The molecule has 1 nitrogen and oxygen atoms in total. The van der Waals surface area contributed by atoms with E-state index in [1.807, 2.05) is 0 Å². The molecule has 2 aromatic carbocycles. The van der Waals surface area contributed by atoms with Gasteiger partial charge in [-0.15, -0.1) is 0 Å². The highest BCUT2D eigenvalue weighted by Gasteiger charge is 2.03. The maximum Gasteiger partial charge on any atom is 0.146 e. The van der Waals surface area contributed by atoms with Crippen LogP contribution in [-0.4, -0.2) is 0 Å². The van der Waals surface area contributed by atoms with Crippen molar-refractivity contribution >= 4 is 5.69 Å². The summed E-state index contributed by atoms with van der Waals surface area (Å²) in [4.78, 5) is 0. The quantitative estimate of drug-likeness (QED) is 0.857. The summed E-state index contributed by atoms with van der Waals surface area (Å²) in [6, 6.07) is 9.08. The first-order valence-corrected chi connectivity index (χ1v) is 5.08. The van der Waals surface area contributed by atoms with Gasteiger partial charge in [-0.05, 0) is 35.9 Å². The first-order valence-electron chi connectivity index (χ1n) is 5.08. The number of nitrogens with one attached hydrogen (secondary N) is 1. The first-order chi connectivity index (χ1) is 8.15. The molecule has 4 heteroatoms. The largest absolute Gasteiger partial charge is 0.379 e. The van der Waals surface area contributed by atoms with Crippen LogP contribution < -0.4 is 5.32 Å². The van der Waals surface area contributed by atoms with Gasteiger partial charge in [0.15, 0.2) is 0 Å². The summed E-state index contributed by atoms with van der Waals surface area (Å²) in [6.07, 6.45) is 0. The van der Waals surface area contributed by atoms with Gasteiger partial charge in [0.05, 0.1) is 5.69 Å². The summed E-state index contributed by atoms with van der Waals surface area (Å²) in [5.41, 5.74) is 0.725. The number of hydrogen-bond donors (Lipinski definition) is 1. The Bertz CT molecular complexity index is 526. The van der Waals surface area contributed by atoms with Crippen molar-refractivity contribution in [1.29, 1.82) is 0 Å². The Hall–Kier alpha value is -1.97. The third kappa shape index (κ3) is 3.00. The van der Waals surface area contributed by atoms with Gasteiger partial charge < -0.3 is 5.32 Å². The molecule has 0 saturated heterocycles. The minimum atomic E-state index is -0.539. The summed E-state index contributed by atoms with van der Waals surface area (Å²) in [5, 5.41) is 2.72. The molecular weight excluding hydrogens is 227 g/mol. The lowest BCUT2D eigenvalue weighted by Gasteiger charge is -2.07. The van der Waals surface area contributed by atoms with Crippen LogP contribution in [0.2, 0.25) is 0 Å². The van der Waals surface area contributed by atoms with Crippen molar-refractivity contribution < 1.29 is 13.2 Å². The topological polar surface area (TPSA) is 12.0 Å². The lowest BCUT2D eigenvalue weighted by Crippen LogP contribution is -2.02. The second kappa shape index (κ2) is 4.91. The van der Waals surface area contributed by atoms with Crippen molar-refractivity contribution in [2.24, 2.45) is 0 Å². The monoisotopic (exact) mass is 237 g/mol. The highest BCUT2D eigenvalue weighted by Crippen LogP contribution is 2.16. The fourth-order valence-corrected chi connectivity index (χ4v) is 1.48. The zero-order valence-electron chi connectivity index (χ0n) is 8.88. The van der Waals surface area contributed by atoms with Gasteiger partial charge in [0.25, 0.3) is 0 Å². The molecule has 0 atom stereocenters. The van der Waals surface area contributed by atoms with E-state index in [9.17, 15) is 13.2 Å². The molecule has 17 heavy (non-hydrogen) atoms. The summed E-state index contributed by atoms with van der Waals surface area (Å²) in [7, 11) is 0. The zero-order chi connectivity index (χ0) is 12.3. The van der Waals surface area contributed by atoms with Crippen molar-refractivity contribution in [3.05, 3.63) is 65.5 Å². The first kappa shape index (κ1) is 11.5. The van der Waals surface area contributed by atoms with Gasteiger partial charge in [0, 0.05) is 6.54 Å². The van der Waals surface area contributed by atoms with Crippen LogP contribution in [0, 0.1) is 17.5 Å². The van der Waals surface area contributed by atoms with Crippen LogP contribution in [0.3, 0.4) is 0 Å². The van der Waals surface area contributed by atoms with E-state index in [0.717, 1.165) is 18.2 Å². The van der Waals surface area contributed by atoms with E-state index >= 15 is 0 Å². The second-order valence-corrected chi connectivity index (χ2v) is 3.61. The van der Waals surface area contributed by atoms with Crippen molar-refractivity contribution in [1.82, 2.24) is 0 Å². The van der Waals surface area contributed by atoms with Crippen LogP contribution in [0.15, 0.2) is 42.5 Å². The Kier molecular flexibility index (Phi) is 3.32. The fraction of sp³-hybridized carbons (Fsp3) is 0.0769. The lowest BCUT2D eigenvalue weighted by atomic mass is 10.2. The van der Waals surface area contributed by atoms with Crippen LogP contribution in [0.5, 0.6) is 0 Å². The molecule has 0 spiro atoms. The molecular formula is C13H10F3N. The van der Waals surface area contributed by atoms with E-state index in [1.165, 1.54) is 12.1 Å². The van der Waals surface area contributed by atoms with Gasteiger partial charge in [-0.2, -0.15) is 0 Å².